The second-order valence-corrected chi connectivity index (χ2v) is 5.50. The fourth-order valence-electron chi connectivity index (χ4n) is 1.90. The van der Waals surface area contributed by atoms with E-state index in [-0.39, 0.29) is 5.91 Å². The number of unbranched alkanes of at least 4 members (excludes halogenated alkanes) is 1. The largest absolute Gasteiger partial charge is 0.385 e. The van der Waals surface area contributed by atoms with Crippen LogP contribution in [0.5, 0.6) is 0 Å². The molecule has 0 aromatic carbocycles. The van der Waals surface area contributed by atoms with Crippen LogP contribution in [-0.4, -0.2) is 24.0 Å². The average molecular weight is 277 g/mol. The van der Waals surface area contributed by atoms with Crippen molar-refractivity contribution in [3.8, 4) is 0 Å². The van der Waals surface area contributed by atoms with Crippen LogP contribution in [0.15, 0.2) is 18.3 Å². The minimum absolute atomic E-state index is 0.0882. The molecule has 4 heteroatoms. The lowest BCUT2D eigenvalue weighted by Crippen LogP contribution is -2.25. The van der Waals surface area contributed by atoms with Crippen molar-refractivity contribution in [2.75, 3.05) is 18.4 Å². The number of carbonyl (C=O) groups excluding carboxylic acids is 1. The number of anilines is 1. The summed E-state index contributed by atoms with van der Waals surface area (Å²) >= 11 is 0. The molecule has 0 saturated heterocycles. The zero-order valence-corrected chi connectivity index (χ0v) is 12.9. The van der Waals surface area contributed by atoms with Crippen molar-refractivity contribution in [2.24, 2.45) is 5.92 Å². The Morgan fingerprint density at radius 3 is 2.80 bits per heavy atom. The zero-order chi connectivity index (χ0) is 14.8. The molecule has 0 aliphatic rings. The third-order valence-electron chi connectivity index (χ3n) is 3.07. The minimum atomic E-state index is -0.0882. The molecule has 0 bridgehead atoms. The van der Waals surface area contributed by atoms with Gasteiger partial charge in [0.15, 0.2) is 0 Å². The van der Waals surface area contributed by atoms with Gasteiger partial charge in [0.1, 0.15) is 5.69 Å². The van der Waals surface area contributed by atoms with Gasteiger partial charge < -0.3 is 10.6 Å². The molecule has 0 atom stereocenters. The molecule has 1 aromatic rings. The summed E-state index contributed by atoms with van der Waals surface area (Å²) in [6.07, 6.45) is 6.12. The fourth-order valence-corrected chi connectivity index (χ4v) is 1.90. The van der Waals surface area contributed by atoms with Gasteiger partial charge in [0, 0.05) is 25.0 Å². The number of amides is 1. The van der Waals surface area contributed by atoms with E-state index >= 15 is 0 Å². The standard InChI is InChI=1S/C16H27N3O/c1-4-9-17-14-8-11-18-15(12-14)16(20)19-10-6-5-7-13(2)3/h8,11-13H,4-7,9-10H2,1-3H3,(H,17,18)(H,19,20). The van der Waals surface area contributed by atoms with E-state index in [4.69, 9.17) is 0 Å². The zero-order valence-electron chi connectivity index (χ0n) is 12.9. The summed E-state index contributed by atoms with van der Waals surface area (Å²) in [5.74, 6) is 0.642. The Morgan fingerprint density at radius 1 is 1.30 bits per heavy atom. The Balaban J connectivity index is 2.35. The van der Waals surface area contributed by atoms with Crippen LogP contribution in [-0.2, 0) is 0 Å². The summed E-state index contributed by atoms with van der Waals surface area (Å²) in [7, 11) is 0. The topological polar surface area (TPSA) is 54.0 Å². The number of hydrogen-bond donors (Lipinski definition) is 2. The van der Waals surface area contributed by atoms with Crippen LogP contribution in [0.3, 0.4) is 0 Å². The van der Waals surface area contributed by atoms with Gasteiger partial charge in [0.2, 0.25) is 0 Å². The van der Waals surface area contributed by atoms with Gasteiger partial charge in [-0.2, -0.15) is 0 Å². The molecule has 1 heterocycles. The SMILES string of the molecule is CCCNc1ccnc(C(=O)NCCCCC(C)C)c1. The first-order valence-electron chi connectivity index (χ1n) is 7.61. The van der Waals surface area contributed by atoms with Gasteiger partial charge in [-0.25, -0.2) is 0 Å². The molecule has 1 rings (SSSR count). The number of nitrogens with zero attached hydrogens (tertiary/aromatic N) is 1. The first-order valence-corrected chi connectivity index (χ1v) is 7.61. The lowest BCUT2D eigenvalue weighted by atomic mass is 10.1. The number of hydrogen-bond acceptors (Lipinski definition) is 3. The summed E-state index contributed by atoms with van der Waals surface area (Å²) in [6, 6.07) is 3.69. The van der Waals surface area contributed by atoms with Crippen LogP contribution in [0.25, 0.3) is 0 Å². The van der Waals surface area contributed by atoms with E-state index < -0.39 is 0 Å². The highest BCUT2D eigenvalue weighted by molar-refractivity contribution is 5.93. The molecule has 0 fully saturated rings. The maximum absolute atomic E-state index is 12.0. The quantitative estimate of drug-likeness (QED) is 0.680. The van der Waals surface area contributed by atoms with E-state index in [9.17, 15) is 4.79 Å². The maximum Gasteiger partial charge on any atom is 0.269 e. The van der Waals surface area contributed by atoms with Crippen molar-refractivity contribution in [1.29, 1.82) is 0 Å². The summed E-state index contributed by atoms with van der Waals surface area (Å²) in [6.45, 7) is 8.17. The Kier molecular flexibility index (Phi) is 7.70. The van der Waals surface area contributed by atoms with Crippen molar-refractivity contribution >= 4 is 11.6 Å². The van der Waals surface area contributed by atoms with Crippen molar-refractivity contribution in [1.82, 2.24) is 10.3 Å². The highest BCUT2D eigenvalue weighted by Gasteiger charge is 2.07. The van der Waals surface area contributed by atoms with Crippen molar-refractivity contribution in [3.63, 3.8) is 0 Å². The second kappa shape index (κ2) is 9.34. The lowest BCUT2D eigenvalue weighted by molar-refractivity contribution is 0.0948. The molecule has 1 amide bonds. The Hall–Kier alpha value is -1.58. The molecule has 0 radical (unpaired) electrons. The molecule has 0 saturated carbocycles. The van der Waals surface area contributed by atoms with Crippen LogP contribution in [0, 0.1) is 5.92 Å². The Labute approximate surface area is 122 Å². The Morgan fingerprint density at radius 2 is 2.10 bits per heavy atom. The highest BCUT2D eigenvalue weighted by Crippen LogP contribution is 2.08. The van der Waals surface area contributed by atoms with E-state index in [1.54, 1.807) is 12.3 Å². The number of aromatic nitrogens is 1. The molecule has 1 aromatic heterocycles. The molecule has 0 unspecified atom stereocenters. The van der Waals surface area contributed by atoms with E-state index in [2.05, 4.69) is 36.4 Å². The van der Waals surface area contributed by atoms with Crippen LogP contribution in [0.2, 0.25) is 0 Å². The average Bonchev–Trinajstić information content (AvgIpc) is 2.44. The highest BCUT2D eigenvalue weighted by atomic mass is 16.1. The first-order chi connectivity index (χ1) is 9.63. The number of carbonyl (C=O) groups is 1. The van der Waals surface area contributed by atoms with Crippen molar-refractivity contribution in [2.45, 2.75) is 46.5 Å². The van der Waals surface area contributed by atoms with E-state index in [1.807, 2.05) is 6.07 Å². The molecule has 0 spiro atoms. The monoisotopic (exact) mass is 277 g/mol. The fraction of sp³-hybridized carbons (Fsp3) is 0.625. The van der Waals surface area contributed by atoms with E-state index in [1.165, 1.54) is 6.42 Å². The van der Waals surface area contributed by atoms with Gasteiger partial charge >= 0.3 is 0 Å². The number of rotatable bonds is 9. The molecule has 20 heavy (non-hydrogen) atoms. The van der Waals surface area contributed by atoms with Gasteiger partial charge in [0.25, 0.3) is 5.91 Å². The third-order valence-corrected chi connectivity index (χ3v) is 3.07. The van der Waals surface area contributed by atoms with E-state index in [0.717, 1.165) is 44.0 Å². The summed E-state index contributed by atoms with van der Waals surface area (Å²) in [4.78, 5) is 16.1. The third kappa shape index (κ3) is 6.55. The lowest BCUT2D eigenvalue weighted by Gasteiger charge is -2.08. The van der Waals surface area contributed by atoms with Crippen molar-refractivity contribution in [3.05, 3.63) is 24.0 Å². The van der Waals surface area contributed by atoms with Gasteiger partial charge in [-0.05, 0) is 30.9 Å². The number of pyridine rings is 1. The normalized spacial score (nSPS) is 10.6. The summed E-state index contributed by atoms with van der Waals surface area (Å²) < 4.78 is 0. The van der Waals surface area contributed by atoms with Gasteiger partial charge in [-0.3, -0.25) is 9.78 Å². The number of nitrogens with one attached hydrogen (secondary N) is 2. The molecule has 2 N–H and O–H groups in total. The van der Waals surface area contributed by atoms with Gasteiger partial charge in [-0.1, -0.05) is 33.6 Å². The molecule has 4 nitrogen and oxygen atoms in total. The summed E-state index contributed by atoms with van der Waals surface area (Å²) in [5.41, 5.74) is 1.43. The van der Waals surface area contributed by atoms with Crippen LogP contribution in [0.4, 0.5) is 5.69 Å². The van der Waals surface area contributed by atoms with Crippen LogP contribution >= 0.6 is 0 Å². The van der Waals surface area contributed by atoms with Crippen LogP contribution in [0.1, 0.15) is 56.9 Å². The van der Waals surface area contributed by atoms with E-state index in [0.29, 0.717) is 5.69 Å². The van der Waals surface area contributed by atoms with Gasteiger partial charge in [-0.15, -0.1) is 0 Å². The predicted octanol–water partition coefficient (Wildman–Crippen LogP) is 3.46. The molecular formula is C16H27N3O. The maximum atomic E-state index is 12.0. The molecular weight excluding hydrogens is 250 g/mol. The minimum Gasteiger partial charge on any atom is -0.385 e. The smallest absolute Gasteiger partial charge is 0.269 e. The van der Waals surface area contributed by atoms with Gasteiger partial charge in [0.05, 0.1) is 0 Å². The van der Waals surface area contributed by atoms with Crippen LogP contribution < -0.4 is 10.6 Å². The second-order valence-electron chi connectivity index (χ2n) is 5.50. The molecule has 0 aliphatic heterocycles. The summed E-state index contributed by atoms with van der Waals surface area (Å²) in [5, 5.41) is 6.19. The first kappa shape index (κ1) is 16.5. The van der Waals surface area contributed by atoms with Crippen molar-refractivity contribution < 1.29 is 4.79 Å². The Bertz CT molecular complexity index is 404. The predicted molar refractivity (Wildman–Crippen MR) is 84.0 cm³/mol. The molecule has 112 valence electrons. The molecule has 0 aliphatic carbocycles.